The van der Waals surface area contributed by atoms with Crippen LogP contribution in [-0.4, -0.2) is 60.2 Å². The molecular weight excluding hydrogens is 238 g/mol. The monoisotopic (exact) mass is 255 g/mol. The van der Waals surface area contributed by atoms with Crippen LogP contribution in [-0.2, 0) is 4.74 Å². The molecule has 0 aromatic carbocycles. The Labute approximate surface area is 105 Å². The summed E-state index contributed by atoms with van der Waals surface area (Å²) in [5.41, 5.74) is -0.122. The Bertz CT molecular complexity index is 368. The van der Waals surface area contributed by atoms with E-state index in [1.54, 1.807) is 0 Å². The summed E-state index contributed by atoms with van der Waals surface area (Å²) in [6.07, 6.45) is 2.34. The van der Waals surface area contributed by atoms with E-state index in [4.69, 9.17) is 4.74 Å². The molecule has 0 unspecified atom stereocenters. The summed E-state index contributed by atoms with van der Waals surface area (Å²) in [7, 11) is 3.96. The lowest BCUT2D eigenvalue weighted by Crippen LogP contribution is -2.20. The Hall–Kier alpha value is -1.80. The van der Waals surface area contributed by atoms with Crippen LogP contribution in [0.25, 0.3) is 0 Å². The number of anilines is 1. The first-order valence-electron chi connectivity index (χ1n) is 5.52. The molecule has 1 aromatic heterocycles. The van der Waals surface area contributed by atoms with Gasteiger partial charge >= 0.3 is 5.69 Å². The Morgan fingerprint density at radius 1 is 1.39 bits per heavy atom. The topological polar surface area (TPSA) is 93.4 Å². The minimum Gasteiger partial charge on any atom is -0.378 e. The highest BCUT2D eigenvalue weighted by molar-refractivity contribution is 5.30. The predicted molar refractivity (Wildman–Crippen MR) is 66.5 cm³/mol. The molecule has 0 bridgehead atoms. The van der Waals surface area contributed by atoms with Crippen molar-refractivity contribution in [1.82, 2.24) is 14.9 Å². The third-order valence-corrected chi connectivity index (χ3v) is 2.06. The van der Waals surface area contributed by atoms with Crippen molar-refractivity contribution in [2.45, 2.75) is 0 Å². The van der Waals surface area contributed by atoms with Crippen molar-refractivity contribution in [3.8, 4) is 0 Å². The molecule has 0 atom stereocenters. The Morgan fingerprint density at radius 3 is 2.61 bits per heavy atom. The number of rotatable bonds is 8. The first-order chi connectivity index (χ1) is 8.59. The van der Waals surface area contributed by atoms with Gasteiger partial charge in [-0.15, -0.1) is 0 Å². The fourth-order valence-electron chi connectivity index (χ4n) is 1.09. The third kappa shape index (κ3) is 5.51. The van der Waals surface area contributed by atoms with Crippen LogP contribution >= 0.6 is 0 Å². The van der Waals surface area contributed by atoms with E-state index in [0.717, 1.165) is 6.54 Å². The van der Waals surface area contributed by atoms with Crippen molar-refractivity contribution in [3.05, 3.63) is 22.5 Å². The highest BCUT2D eigenvalue weighted by Crippen LogP contribution is 2.07. The molecule has 0 amide bonds. The fraction of sp³-hybridized carbons (Fsp3) is 0.600. The van der Waals surface area contributed by atoms with Crippen molar-refractivity contribution < 1.29 is 9.66 Å². The molecule has 0 aliphatic carbocycles. The van der Waals surface area contributed by atoms with Crippen LogP contribution in [0.2, 0.25) is 0 Å². The van der Waals surface area contributed by atoms with E-state index in [1.165, 1.54) is 12.4 Å². The van der Waals surface area contributed by atoms with Gasteiger partial charge in [-0.05, 0) is 14.1 Å². The summed E-state index contributed by atoms with van der Waals surface area (Å²) in [5, 5.41) is 13.3. The second-order valence-electron chi connectivity index (χ2n) is 3.86. The molecule has 0 fully saturated rings. The zero-order chi connectivity index (χ0) is 13.4. The quantitative estimate of drug-likeness (QED) is 0.407. The average molecular weight is 255 g/mol. The minimum atomic E-state index is -0.534. The number of aromatic nitrogens is 2. The Morgan fingerprint density at radius 2 is 2.06 bits per heavy atom. The molecule has 0 saturated heterocycles. The van der Waals surface area contributed by atoms with E-state index in [0.29, 0.717) is 25.7 Å². The molecule has 1 aromatic rings. The molecule has 0 saturated carbocycles. The normalized spacial score (nSPS) is 10.6. The molecule has 8 nitrogen and oxygen atoms in total. The van der Waals surface area contributed by atoms with E-state index in [1.807, 2.05) is 19.0 Å². The second kappa shape index (κ2) is 7.51. The van der Waals surface area contributed by atoms with Crippen LogP contribution in [0.5, 0.6) is 0 Å². The standard InChI is InChI=1S/C10H17N5O3/c1-14(2)4-6-18-5-3-11-10-12-7-9(8-13-10)15(16)17/h7-8H,3-6H2,1-2H3,(H,11,12,13). The number of nitrogens with one attached hydrogen (secondary N) is 1. The maximum Gasteiger partial charge on any atom is 0.305 e. The number of ether oxygens (including phenoxy) is 1. The van der Waals surface area contributed by atoms with Crippen LogP contribution in [0.15, 0.2) is 12.4 Å². The molecule has 8 heteroatoms. The van der Waals surface area contributed by atoms with E-state index in [9.17, 15) is 10.1 Å². The van der Waals surface area contributed by atoms with Gasteiger partial charge in [0.15, 0.2) is 0 Å². The van der Waals surface area contributed by atoms with E-state index >= 15 is 0 Å². The number of hydrogen-bond acceptors (Lipinski definition) is 7. The number of likely N-dealkylation sites (N-methyl/N-ethyl adjacent to an activating group) is 1. The molecule has 1 rings (SSSR count). The van der Waals surface area contributed by atoms with Crippen molar-refractivity contribution >= 4 is 11.6 Å². The van der Waals surface area contributed by atoms with Gasteiger partial charge in [-0.3, -0.25) is 10.1 Å². The molecule has 0 radical (unpaired) electrons. The lowest BCUT2D eigenvalue weighted by Gasteiger charge is -2.10. The van der Waals surface area contributed by atoms with Crippen LogP contribution in [0.3, 0.4) is 0 Å². The average Bonchev–Trinajstić information content (AvgIpc) is 2.34. The fourth-order valence-corrected chi connectivity index (χ4v) is 1.09. The highest BCUT2D eigenvalue weighted by atomic mass is 16.6. The Balaban J connectivity index is 2.17. The van der Waals surface area contributed by atoms with Gasteiger partial charge in [0.1, 0.15) is 12.4 Å². The maximum absolute atomic E-state index is 10.4. The van der Waals surface area contributed by atoms with Gasteiger partial charge in [0.05, 0.1) is 18.1 Å². The van der Waals surface area contributed by atoms with Crippen LogP contribution < -0.4 is 5.32 Å². The summed E-state index contributed by atoms with van der Waals surface area (Å²) in [6, 6.07) is 0. The summed E-state index contributed by atoms with van der Waals surface area (Å²) in [6.45, 7) is 2.63. The molecule has 18 heavy (non-hydrogen) atoms. The molecule has 0 aliphatic heterocycles. The van der Waals surface area contributed by atoms with Gasteiger partial charge in [-0.2, -0.15) is 0 Å². The summed E-state index contributed by atoms with van der Waals surface area (Å²) in [4.78, 5) is 19.5. The van der Waals surface area contributed by atoms with Crippen molar-refractivity contribution in [2.75, 3.05) is 45.7 Å². The van der Waals surface area contributed by atoms with Gasteiger partial charge < -0.3 is 15.0 Å². The number of hydrogen-bond donors (Lipinski definition) is 1. The van der Waals surface area contributed by atoms with Gasteiger partial charge in [-0.25, -0.2) is 9.97 Å². The third-order valence-electron chi connectivity index (χ3n) is 2.06. The van der Waals surface area contributed by atoms with Gasteiger partial charge in [0, 0.05) is 13.1 Å². The maximum atomic E-state index is 10.4. The van der Waals surface area contributed by atoms with Crippen molar-refractivity contribution in [1.29, 1.82) is 0 Å². The van der Waals surface area contributed by atoms with Gasteiger partial charge in [0.2, 0.25) is 5.95 Å². The molecule has 1 heterocycles. The van der Waals surface area contributed by atoms with Crippen molar-refractivity contribution in [3.63, 3.8) is 0 Å². The van der Waals surface area contributed by atoms with E-state index in [2.05, 4.69) is 15.3 Å². The predicted octanol–water partition coefficient (Wildman–Crippen LogP) is 0.375. The van der Waals surface area contributed by atoms with Gasteiger partial charge in [0.25, 0.3) is 0 Å². The Kier molecular flexibility index (Phi) is 5.95. The molecule has 0 spiro atoms. The van der Waals surface area contributed by atoms with E-state index < -0.39 is 4.92 Å². The van der Waals surface area contributed by atoms with Crippen LogP contribution in [0.1, 0.15) is 0 Å². The summed E-state index contributed by atoms with van der Waals surface area (Å²) in [5.74, 6) is 0.358. The minimum absolute atomic E-state index is 0.122. The first-order valence-corrected chi connectivity index (χ1v) is 5.52. The lowest BCUT2D eigenvalue weighted by atomic mass is 10.5. The van der Waals surface area contributed by atoms with Crippen LogP contribution in [0, 0.1) is 10.1 Å². The molecule has 1 N–H and O–H groups in total. The molecule has 0 aliphatic rings. The SMILES string of the molecule is CN(C)CCOCCNc1ncc([N+](=O)[O-])cn1. The zero-order valence-electron chi connectivity index (χ0n) is 10.5. The molecule has 100 valence electrons. The first kappa shape index (κ1) is 14.3. The zero-order valence-corrected chi connectivity index (χ0v) is 10.5. The van der Waals surface area contributed by atoms with Crippen molar-refractivity contribution in [2.24, 2.45) is 0 Å². The smallest absolute Gasteiger partial charge is 0.305 e. The number of nitrogens with zero attached hydrogens (tertiary/aromatic N) is 4. The summed E-state index contributed by atoms with van der Waals surface area (Å²) >= 11 is 0. The largest absolute Gasteiger partial charge is 0.378 e. The second-order valence-corrected chi connectivity index (χ2v) is 3.86. The lowest BCUT2D eigenvalue weighted by molar-refractivity contribution is -0.385. The van der Waals surface area contributed by atoms with Crippen LogP contribution in [0.4, 0.5) is 11.6 Å². The highest BCUT2D eigenvalue weighted by Gasteiger charge is 2.05. The molecular formula is C10H17N5O3. The van der Waals surface area contributed by atoms with E-state index in [-0.39, 0.29) is 5.69 Å². The number of nitro groups is 1. The summed E-state index contributed by atoms with van der Waals surface area (Å²) < 4.78 is 5.36. The van der Waals surface area contributed by atoms with Gasteiger partial charge in [-0.1, -0.05) is 0 Å².